The molecule has 4 rings (SSSR count). The highest BCUT2D eigenvalue weighted by atomic mass is 32.1. The van der Waals surface area contributed by atoms with E-state index in [9.17, 15) is 4.79 Å². The molecule has 4 heterocycles. The van der Waals surface area contributed by atoms with Gasteiger partial charge in [-0.25, -0.2) is 9.97 Å². The molecule has 0 saturated carbocycles. The fourth-order valence-electron chi connectivity index (χ4n) is 2.97. The van der Waals surface area contributed by atoms with E-state index in [1.807, 2.05) is 18.2 Å². The summed E-state index contributed by atoms with van der Waals surface area (Å²) in [4.78, 5) is 29.3. The first kappa shape index (κ1) is 20.7. The number of hydrogen-bond donors (Lipinski definition) is 1. The lowest BCUT2D eigenvalue weighted by atomic mass is 10.1. The van der Waals surface area contributed by atoms with Crippen LogP contribution in [0, 0.1) is 0 Å². The van der Waals surface area contributed by atoms with Crippen LogP contribution < -0.4 is 14.8 Å². The number of fused-ring (bicyclic) bond motifs is 1. The minimum absolute atomic E-state index is 0.0742. The molecule has 0 radical (unpaired) electrons. The molecule has 0 fully saturated rings. The van der Waals surface area contributed by atoms with Crippen LogP contribution in [0.15, 0.2) is 54.6 Å². The Morgan fingerprint density at radius 3 is 2.68 bits per heavy atom. The van der Waals surface area contributed by atoms with Crippen molar-refractivity contribution in [2.24, 2.45) is 0 Å². The maximum Gasteiger partial charge on any atom is 0.225 e. The highest BCUT2D eigenvalue weighted by Crippen LogP contribution is 2.37. The first-order chi connectivity index (χ1) is 15.2. The standard InChI is InChI=1S/C22H21N5O3S/c1-23-19(28)11-16-3-4-17(12-25-16)29-9-2-10-30-21-20-18(15-5-7-24-8-6-15)13-31-22(20)27-14-26-21/h3-8,12-14H,2,9-11H2,1H3,(H,23,28). The van der Waals surface area contributed by atoms with Gasteiger partial charge in [-0.05, 0) is 29.8 Å². The summed E-state index contributed by atoms with van der Waals surface area (Å²) in [5.74, 6) is 1.15. The molecular weight excluding hydrogens is 414 g/mol. The van der Waals surface area contributed by atoms with E-state index in [0.29, 0.717) is 37.0 Å². The van der Waals surface area contributed by atoms with Crippen molar-refractivity contribution in [1.82, 2.24) is 25.3 Å². The fourth-order valence-corrected chi connectivity index (χ4v) is 3.88. The minimum atomic E-state index is -0.0742. The summed E-state index contributed by atoms with van der Waals surface area (Å²) in [6.45, 7) is 0.936. The first-order valence-electron chi connectivity index (χ1n) is 9.78. The summed E-state index contributed by atoms with van der Waals surface area (Å²) in [6, 6.07) is 7.52. The Hall–Kier alpha value is -3.59. The van der Waals surface area contributed by atoms with E-state index in [-0.39, 0.29) is 12.3 Å². The van der Waals surface area contributed by atoms with E-state index in [1.165, 1.54) is 6.33 Å². The van der Waals surface area contributed by atoms with E-state index >= 15 is 0 Å². The first-order valence-corrected chi connectivity index (χ1v) is 10.7. The van der Waals surface area contributed by atoms with Gasteiger partial charge in [0.05, 0.1) is 31.2 Å². The van der Waals surface area contributed by atoms with Crippen LogP contribution in [0.2, 0.25) is 0 Å². The van der Waals surface area contributed by atoms with Gasteiger partial charge in [-0.2, -0.15) is 0 Å². The maximum absolute atomic E-state index is 11.4. The molecule has 1 amide bonds. The Bertz CT molecular complexity index is 1150. The number of carbonyl (C=O) groups excluding carboxylic acids is 1. The minimum Gasteiger partial charge on any atom is -0.492 e. The highest BCUT2D eigenvalue weighted by Gasteiger charge is 2.14. The third kappa shape index (κ3) is 5.13. The third-order valence-electron chi connectivity index (χ3n) is 4.54. The van der Waals surface area contributed by atoms with Gasteiger partial charge in [0, 0.05) is 42.5 Å². The van der Waals surface area contributed by atoms with Crippen molar-refractivity contribution in [2.75, 3.05) is 20.3 Å². The molecule has 158 valence electrons. The number of hydrogen-bond acceptors (Lipinski definition) is 8. The lowest BCUT2D eigenvalue weighted by Gasteiger charge is -2.09. The van der Waals surface area contributed by atoms with Crippen LogP contribution in [0.4, 0.5) is 0 Å². The smallest absolute Gasteiger partial charge is 0.225 e. The summed E-state index contributed by atoms with van der Waals surface area (Å²) in [6.07, 6.45) is 7.61. The van der Waals surface area contributed by atoms with Gasteiger partial charge in [0.1, 0.15) is 16.9 Å². The van der Waals surface area contributed by atoms with Crippen molar-refractivity contribution in [3.8, 4) is 22.8 Å². The van der Waals surface area contributed by atoms with E-state index in [0.717, 1.165) is 21.3 Å². The molecule has 4 aromatic heterocycles. The number of rotatable bonds is 9. The number of thiophene rings is 1. The lowest BCUT2D eigenvalue weighted by Crippen LogP contribution is -2.20. The van der Waals surface area contributed by atoms with Crippen LogP contribution in [0.3, 0.4) is 0 Å². The number of carbonyl (C=O) groups is 1. The second-order valence-electron chi connectivity index (χ2n) is 6.63. The van der Waals surface area contributed by atoms with Gasteiger partial charge in [0.15, 0.2) is 0 Å². The molecule has 0 saturated heterocycles. The number of aromatic nitrogens is 4. The van der Waals surface area contributed by atoms with E-state index in [2.05, 4.69) is 30.6 Å². The molecule has 4 aromatic rings. The highest BCUT2D eigenvalue weighted by molar-refractivity contribution is 7.17. The van der Waals surface area contributed by atoms with Gasteiger partial charge in [0.2, 0.25) is 11.8 Å². The SMILES string of the molecule is CNC(=O)Cc1ccc(OCCCOc2ncnc3scc(-c4ccncc4)c23)cn1. The molecule has 0 aliphatic heterocycles. The second kappa shape index (κ2) is 9.94. The van der Waals surface area contributed by atoms with E-state index in [4.69, 9.17) is 9.47 Å². The number of amides is 1. The van der Waals surface area contributed by atoms with Crippen molar-refractivity contribution in [3.63, 3.8) is 0 Å². The molecule has 0 atom stereocenters. The molecule has 0 spiro atoms. The van der Waals surface area contributed by atoms with E-state index in [1.54, 1.807) is 43.0 Å². The largest absolute Gasteiger partial charge is 0.492 e. The zero-order chi connectivity index (χ0) is 21.5. The normalized spacial score (nSPS) is 10.7. The summed E-state index contributed by atoms with van der Waals surface area (Å²) >= 11 is 1.56. The Morgan fingerprint density at radius 1 is 1.06 bits per heavy atom. The molecule has 8 nitrogen and oxygen atoms in total. The summed E-state index contributed by atoms with van der Waals surface area (Å²) in [7, 11) is 1.60. The molecule has 0 bridgehead atoms. The number of nitrogens with one attached hydrogen (secondary N) is 1. The number of pyridine rings is 2. The molecule has 31 heavy (non-hydrogen) atoms. The predicted octanol–water partition coefficient (Wildman–Crippen LogP) is 3.28. The van der Waals surface area contributed by atoms with Gasteiger partial charge in [0.25, 0.3) is 0 Å². The molecule has 0 aromatic carbocycles. The summed E-state index contributed by atoms with van der Waals surface area (Å²) < 4.78 is 11.7. The van der Waals surface area contributed by atoms with Gasteiger partial charge >= 0.3 is 0 Å². The Balaban J connectivity index is 1.32. The Kier molecular flexibility index (Phi) is 6.63. The summed E-state index contributed by atoms with van der Waals surface area (Å²) in [5, 5.41) is 5.55. The number of nitrogens with zero attached hydrogens (tertiary/aromatic N) is 4. The molecule has 0 unspecified atom stereocenters. The van der Waals surface area contributed by atoms with Gasteiger partial charge in [-0.3, -0.25) is 14.8 Å². The van der Waals surface area contributed by atoms with E-state index < -0.39 is 0 Å². The van der Waals surface area contributed by atoms with Gasteiger partial charge < -0.3 is 14.8 Å². The third-order valence-corrected chi connectivity index (χ3v) is 5.43. The molecule has 9 heteroatoms. The maximum atomic E-state index is 11.4. The monoisotopic (exact) mass is 435 g/mol. The summed E-state index contributed by atoms with van der Waals surface area (Å²) in [5.41, 5.74) is 2.79. The van der Waals surface area contributed by atoms with Crippen LogP contribution >= 0.6 is 11.3 Å². The molecule has 0 aliphatic rings. The quantitative estimate of drug-likeness (QED) is 0.403. The molecule has 0 aliphatic carbocycles. The van der Waals surface area contributed by atoms with Gasteiger partial charge in [-0.1, -0.05) is 0 Å². The zero-order valence-corrected chi connectivity index (χ0v) is 17.8. The van der Waals surface area contributed by atoms with Crippen molar-refractivity contribution in [1.29, 1.82) is 0 Å². The Morgan fingerprint density at radius 2 is 1.90 bits per heavy atom. The zero-order valence-electron chi connectivity index (χ0n) is 16.9. The van der Waals surface area contributed by atoms with Crippen molar-refractivity contribution in [2.45, 2.75) is 12.8 Å². The van der Waals surface area contributed by atoms with Crippen LogP contribution in [-0.2, 0) is 11.2 Å². The van der Waals surface area contributed by atoms with Crippen LogP contribution in [0.5, 0.6) is 11.6 Å². The topological polar surface area (TPSA) is 99.1 Å². The van der Waals surface area contributed by atoms with Crippen molar-refractivity contribution < 1.29 is 14.3 Å². The Labute approximate surface area is 183 Å². The number of likely N-dealkylation sites (N-methyl/N-ethyl adjacent to an activating group) is 1. The second-order valence-corrected chi connectivity index (χ2v) is 7.49. The molecule has 1 N–H and O–H groups in total. The van der Waals surface area contributed by atoms with Crippen LogP contribution in [0.25, 0.3) is 21.3 Å². The van der Waals surface area contributed by atoms with Crippen molar-refractivity contribution in [3.05, 3.63) is 60.3 Å². The van der Waals surface area contributed by atoms with Gasteiger partial charge in [-0.15, -0.1) is 11.3 Å². The average Bonchev–Trinajstić information content (AvgIpc) is 3.25. The number of ether oxygens (including phenoxy) is 2. The predicted molar refractivity (Wildman–Crippen MR) is 118 cm³/mol. The lowest BCUT2D eigenvalue weighted by molar-refractivity contribution is -0.120. The fraction of sp³-hybridized carbons (Fsp3) is 0.227. The molecular formula is C22H21N5O3S. The van der Waals surface area contributed by atoms with Crippen LogP contribution in [-0.4, -0.2) is 46.1 Å². The average molecular weight is 436 g/mol. The van der Waals surface area contributed by atoms with Crippen molar-refractivity contribution >= 4 is 27.5 Å². The van der Waals surface area contributed by atoms with Crippen LogP contribution in [0.1, 0.15) is 12.1 Å².